The van der Waals surface area contributed by atoms with Crippen LogP contribution in [0.1, 0.15) is 28.8 Å². The quantitative estimate of drug-likeness (QED) is 0.518. The Labute approximate surface area is 181 Å². The van der Waals surface area contributed by atoms with Crippen LogP contribution in [-0.4, -0.2) is 43.5 Å². The SMILES string of the molecule is COC(=O)C(=O)NC1(C(=O)NCc2ccc(-c3cccc(F)c3C(=O)OC)cc2F)CC1. The third kappa shape index (κ3) is 4.58. The maximum Gasteiger partial charge on any atom is 0.396 e. The molecule has 3 rings (SSSR count). The topological polar surface area (TPSA) is 111 Å². The third-order valence-corrected chi connectivity index (χ3v) is 5.11. The summed E-state index contributed by atoms with van der Waals surface area (Å²) in [5, 5.41) is 4.86. The van der Waals surface area contributed by atoms with Crippen molar-refractivity contribution in [3.63, 3.8) is 0 Å². The van der Waals surface area contributed by atoms with E-state index in [-0.39, 0.29) is 28.8 Å². The van der Waals surface area contributed by atoms with Gasteiger partial charge in [0.15, 0.2) is 0 Å². The highest BCUT2D eigenvalue weighted by atomic mass is 19.1. The van der Waals surface area contributed by atoms with Crippen LogP contribution < -0.4 is 10.6 Å². The molecule has 0 atom stereocenters. The lowest BCUT2D eigenvalue weighted by atomic mass is 9.98. The van der Waals surface area contributed by atoms with E-state index < -0.39 is 40.9 Å². The van der Waals surface area contributed by atoms with Crippen molar-refractivity contribution in [1.82, 2.24) is 10.6 Å². The molecular weight excluding hydrogens is 426 g/mol. The van der Waals surface area contributed by atoms with E-state index in [1.165, 1.54) is 24.3 Å². The first-order chi connectivity index (χ1) is 15.2. The van der Waals surface area contributed by atoms with Gasteiger partial charge in [0.2, 0.25) is 5.91 Å². The zero-order valence-electron chi connectivity index (χ0n) is 17.3. The standard InChI is InChI=1S/C22H20F2N2O6/c1-31-19(28)17-14(4-3-5-15(17)23)12-6-7-13(16(24)10-12)11-25-21(30)22(8-9-22)26-18(27)20(29)32-2/h3-7,10H,8-9,11H2,1-2H3,(H,25,30)(H,26,27). The summed E-state index contributed by atoms with van der Waals surface area (Å²) in [6, 6.07) is 7.95. The fraction of sp³-hybridized carbons (Fsp3) is 0.273. The van der Waals surface area contributed by atoms with Crippen LogP contribution in [0.2, 0.25) is 0 Å². The summed E-state index contributed by atoms with van der Waals surface area (Å²) in [5.74, 6) is -5.09. The summed E-state index contributed by atoms with van der Waals surface area (Å²) in [4.78, 5) is 47.3. The molecule has 1 fully saturated rings. The van der Waals surface area contributed by atoms with Gasteiger partial charge in [0, 0.05) is 12.1 Å². The summed E-state index contributed by atoms with van der Waals surface area (Å²) in [7, 11) is 2.16. The smallest absolute Gasteiger partial charge is 0.396 e. The first-order valence-corrected chi connectivity index (χ1v) is 9.57. The molecule has 0 radical (unpaired) electrons. The fourth-order valence-electron chi connectivity index (χ4n) is 3.17. The summed E-state index contributed by atoms with van der Waals surface area (Å²) in [5.41, 5.74) is -0.991. The Morgan fingerprint density at radius 2 is 1.72 bits per heavy atom. The number of esters is 2. The molecule has 0 aromatic heterocycles. The molecule has 0 unspecified atom stereocenters. The number of amides is 2. The Kier molecular flexibility index (Phi) is 6.52. The second kappa shape index (κ2) is 9.13. The van der Waals surface area contributed by atoms with Crippen LogP contribution in [0.15, 0.2) is 36.4 Å². The van der Waals surface area contributed by atoms with Gasteiger partial charge in [-0.15, -0.1) is 0 Å². The number of ether oxygens (including phenoxy) is 2. The van der Waals surface area contributed by atoms with Gasteiger partial charge < -0.3 is 20.1 Å². The van der Waals surface area contributed by atoms with Crippen molar-refractivity contribution in [1.29, 1.82) is 0 Å². The minimum absolute atomic E-state index is 0.133. The number of benzene rings is 2. The lowest BCUT2D eigenvalue weighted by Crippen LogP contribution is -2.50. The average molecular weight is 446 g/mol. The zero-order valence-corrected chi connectivity index (χ0v) is 17.3. The van der Waals surface area contributed by atoms with Gasteiger partial charge in [0.05, 0.1) is 14.2 Å². The normalized spacial score (nSPS) is 13.6. The molecule has 8 nitrogen and oxygen atoms in total. The lowest BCUT2D eigenvalue weighted by molar-refractivity contribution is -0.153. The monoisotopic (exact) mass is 446 g/mol. The van der Waals surface area contributed by atoms with Crippen LogP contribution >= 0.6 is 0 Å². The number of methoxy groups -OCH3 is 2. The van der Waals surface area contributed by atoms with E-state index in [9.17, 15) is 28.0 Å². The number of halogens is 2. The molecule has 1 aliphatic rings. The maximum absolute atomic E-state index is 14.7. The molecule has 168 valence electrons. The number of hydrogen-bond donors (Lipinski definition) is 2. The van der Waals surface area contributed by atoms with Crippen LogP contribution in [0.5, 0.6) is 0 Å². The second-order valence-electron chi connectivity index (χ2n) is 7.17. The van der Waals surface area contributed by atoms with Crippen LogP contribution in [0.3, 0.4) is 0 Å². The van der Waals surface area contributed by atoms with Crippen molar-refractivity contribution in [2.45, 2.75) is 24.9 Å². The van der Waals surface area contributed by atoms with E-state index in [1.807, 2.05) is 0 Å². The van der Waals surface area contributed by atoms with Crippen LogP contribution in [0.25, 0.3) is 11.1 Å². The summed E-state index contributed by atoms with van der Waals surface area (Å²) in [6.45, 7) is -0.187. The van der Waals surface area contributed by atoms with Crippen molar-refractivity contribution in [3.8, 4) is 11.1 Å². The van der Waals surface area contributed by atoms with Gasteiger partial charge in [-0.1, -0.05) is 24.3 Å². The van der Waals surface area contributed by atoms with E-state index in [4.69, 9.17) is 0 Å². The van der Waals surface area contributed by atoms with E-state index in [1.54, 1.807) is 0 Å². The fourth-order valence-corrected chi connectivity index (χ4v) is 3.17. The molecule has 2 aromatic rings. The van der Waals surface area contributed by atoms with Crippen molar-refractivity contribution >= 4 is 23.8 Å². The van der Waals surface area contributed by atoms with Crippen molar-refractivity contribution in [2.75, 3.05) is 14.2 Å². The van der Waals surface area contributed by atoms with Gasteiger partial charge in [-0.2, -0.15) is 0 Å². The highest BCUT2D eigenvalue weighted by Crippen LogP contribution is 2.35. The number of nitrogens with one attached hydrogen (secondary N) is 2. The Balaban J connectivity index is 1.73. The Morgan fingerprint density at radius 1 is 1.00 bits per heavy atom. The van der Waals surface area contributed by atoms with Gasteiger partial charge in [0.1, 0.15) is 22.7 Å². The molecule has 32 heavy (non-hydrogen) atoms. The van der Waals surface area contributed by atoms with Crippen LogP contribution in [0.4, 0.5) is 8.78 Å². The highest BCUT2D eigenvalue weighted by Gasteiger charge is 2.52. The molecule has 0 bridgehead atoms. The molecule has 10 heteroatoms. The molecule has 1 saturated carbocycles. The largest absolute Gasteiger partial charge is 0.465 e. The Bertz CT molecular complexity index is 1100. The van der Waals surface area contributed by atoms with E-state index in [0.717, 1.165) is 26.4 Å². The average Bonchev–Trinajstić information content (AvgIpc) is 3.57. The predicted molar refractivity (Wildman–Crippen MR) is 107 cm³/mol. The molecule has 0 spiro atoms. The van der Waals surface area contributed by atoms with E-state index in [2.05, 4.69) is 20.1 Å². The molecule has 2 N–H and O–H groups in total. The minimum Gasteiger partial charge on any atom is -0.465 e. The van der Waals surface area contributed by atoms with Gasteiger partial charge in [0.25, 0.3) is 0 Å². The number of hydrogen-bond acceptors (Lipinski definition) is 6. The van der Waals surface area contributed by atoms with Crippen molar-refractivity contribution < 1.29 is 37.4 Å². The third-order valence-electron chi connectivity index (χ3n) is 5.11. The summed E-state index contributed by atoms with van der Waals surface area (Å²) in [6.07, 6.45) is 0.664. The molecule has 0 aliphatic heterocycles. The van der Waals surface area contributed by atoms with E-state index >= 15 is 0 Å². The Morgan fingerprint density at radius 3 is 2.31 bits per heavy atom. The van der Waals surface area contributed by atoms with Crippen molar-refractivity contribution in [2.24, 2.45) is 0 Å². The molecule has 0 saturated heterocycles. The second-order valence-corrected chi connectivity index (χ2v) is 7.17. The predicted octanol–water partition coefficient (Wildman–Crippen LogP) is 1.86. The molecular formula is C22H20F2N2O6. The van der Waals surface area contributed by atoms with E-state index in [0.29, 0.717) is 12.8 Å². The highest BCUT2D eigenvalue weighted by molar-refractivity contribution is 6.33. The minimum atomic E-state index is -1.22. The number of carbonyl (C=O) groups is 4. The Hall–Kier alpha value is -3.82. The van der Waals surface area contributed by atoms with Gasteiger partial charge in [-0.25, -0.2) is 18.4 Å². The van der Waals surface area contributed by atoms with Gasteiger partial charge in [-0.3, -0.25) is 9.59 Å². The number of carbonyl (C=O) groups excluding carboxylic acids is 4. The van der Waals surface area contributed by atoms with Gasteiger partial charge in [-0.05, 0) is 36.1 Å². The summed E-state index contributed by atoms with van der Waals surface area (Å²) >= 11 is 0. The maximum atomic E-state index is 14.7. The first-order valence-electron chi connectivity index (χ1n) is 9.57. The molecule has 0 heterocycles. The molecule has 1 aliphatic carbocycles. The number of rotatable bonds is 6. The molecule has 2 aromatic carbocycles. The first kappa shape index (κ1) is 22.9. The van der Waals surface area contributed by atoms with Crippen LogP contribution in [0, 0.1) is 11.6 Å². The molecule has 2 amide bonds. The lowest BCUT2D eigenvalue weighted by Gasteiger charge is -2.17. The van der Waals surface area contributed by atoms with Crippen LogP contribution in [-0.2, 0) is 30.4 Å². The zero-order chi connectivity index (χ0) is 23.5. The van der Waals surface area contributed by atoms with Crippen molar-refractivity contribution in [3.05, 3.63) is 59.2 Å². The summed E-state index contributed by atoms with van der Waals surface area (Å²) < 4.78 is 37.7. The van der Waals surface area contributed by atoms with Gasteiger partial charge >= 0.3 is 17.8 Å².